The topological polar surface area (TPSA) is 140 Å². The highest BCUT2D eigenvalue weighted by Crippen LogP contribution is 2.46. The molecule has 12 nitrogen and oxygen atoms in total. The van der Waals surface area contributed by atoms with Crippen LogP contribution in [-0.4, -0.2) is 14.1 Å². The Hall–Kier alpha value is -12.9. The molecule has 80 heavy (non-hydrogen) atoms. The number of pyridine rings is 1. The minimum Gasteiger partial charge on any atom is -0.308 e. The number of hydrogen-bond donors (Lipinski definition) is 0. The molecule has 12 rings (SSSR count). The SMILES string of the molecule is [C-]#[N+]c1cc(C#N)cc(-c2ccc3c4ccc(-c5cc(C#N)cc([N+]#[C-])c5)cc4n(-c4cc(-c5ccncc5)c([N+]#[C-])cc4-n4c5cc(-c6cc(C#N)cc(C#N)c6)ccc5c5ccc(-c6cc([N+]#[C-])cc([N+]#[C-])c6)cc54)c3c2)c1. The first-order valence-corrected chi connectivity index (χ1v) is 24.5. The van der Waals surface area contributed by atoms with Crippen molar-refractivity contribution >= 4 is 72.0 Å². The fraction of sp³-hybridized carbons (Fsp3) is 0. The zero-order valence-electron chi connectivity index (χ0n) is 41.7. The molecule has 0 amide bonds. The van der Waals surface area contributed by atoms with Crippen molar-refractivity contribution < 1.29 is 0 Å². The number of hydrogen-bond acceptors (Lipinski definition) is 5. The predicted octanol–water partition coefficient (Wildman–Crippen LogP) is 17.9. The molecular formula is C68H30N12. The molecule has 0 N–H and O–H groups in total. The van der Waals surface area contributed by atoms with E-state index in [4.69, 9.17) is 32.9 Å². The van der Waals surface area contributed by atoms with E-state index in [0.717, 1.165) is 54.8 Å². The molecule has 0 unspecified atom stereocenters. The lowest BCUT2D eigenvalue weighted by Crippen LogP contribution is -2.05. The van der Waals surface area contributed by atoms with Gasteiger partial charge in [0.25, 0.3) is 0 Å². The highest BCUT2D eigenvalue weighted by molar-refractivity contribution is 6.14. The normalized spacial score (nSPS) is 10.6. The van der Waals surface area contributed by atoms with E-state index in [1.54, 1.807) is 85.2 Å². The number of benzene rings is 9. The summed E-state index contributed by atoms with van der Waals surface area (Å²) in [5.41, 5.74) is 13.8. The Morgan fingerprint density at radius 2 is 0.650 bits per heavy atom. The summed E-state index contributed by atoms with van der Waals surface area (Å²) >= 11 is 0. The van der Waals surface area contributed by atoms with Gasteiger partial charge in [-0.3, -0.25) is 4.98 Å². The second-order valence-electron chi connectivity index (χ2n) is 18.8. The van der Waals surface area contributed by atoms with Gasteiger partial charge in [0.1, 0.15) is 0 Å². The monoisotopic (exact) mass is 1010 g/mol. The van der Waals surface area contributed by atoms with Gasteiger partial charge >= 0.3 is 0 Å². The van der Waals surface area contributed by atoms with E-state index in [9.17, 15) is 21.0 Å². The Morgan fingerprint density at radius 3 is 1.01 bits per heavy atom. The van der Waals surface area contributed by atoms with Crippen molar-refractivity contribution in [1.29, 1.82) is 21.0 Å². The standard InChI is InChI=1S/C68H30N12/c1-73-53-23-42(38-71)21-50(25-53)46-7-11-57-58-12-8-47(51-22-43(39-72)24-54(26-51)74-2)31-64(58)79(63(57)30-46)67-34-61(44-14-16-78-17-15-44)62(77-5)35-68(67)80-65-29-45(49-19-40(36-69)18-41(20-49)37-70)6-10-59(65)60-13-9-48(32-66(60)80)52-27-55(75-3)33-56(28-52)76-4/h6-35H. The summed E-state index contributed by atoms with van der Waals surface area (Å²) in [6.07, 6.45) is 3.35. The molecule has 0 spiro atoms. The van der Waals surface area contributed by atoms with E-state index >= 15 is 0 Å². The van der Waals surface area contributed by atoms with Gasteiger partial charge in [0.2, 0.25) is 0 Å². The summed E-state index contributed by atoms with van der Waals surface area (Å²) in [5.74, 6) is 0. The molecule has 0 aliphatic carbocycles. The lowest BCUT2D eigenvalue weighted by molar-refractivity contribution is 1.10. The number of rotatable bonds is 7. The van der Waals surface area contributed by atoms with E-state index < -0.39 is 0 Å². The first-order chi connectivity index (χ1) is 39.2. The minimum atomic E-state index is 0.307. The van der Waals surface area contributed by atoms with E-state index in [1.807, 2.05) is 97.1 Å². The molecule has 3 heterocycles. The van der Waals surface area contributed by atoms with E-state index in [2.05, 4.69) is 62.6 Å². The zero-order chi connectivity index (χ0) is 55.2. The minimum absolute atomic E-state index is 0.307. The van der Waals surface area contributed by atoms with Crippen molar-refractivity contribution in [3.8, 4) is 91.3 Å². The van der Waals surface area contributed by atoms with E-state index in [1.165, 1.54) is 0 Å². The highest BCUT2D eigenvalue weighted by Gasteiger charge is 2.25. The van der Waals surface area contributed by atoms with Crippen LogP contribution in [0.2, 0.25) is 0 Å². The number of fused-ring (bicyclic) bond motifs is 6. The Labute approximate surface area is 457 Å². The van der Waals surface area contributed by atoms with Crippen molar-refractivity contribution in [2.75, 3.05) is 0 Å². The van der Waals surface area contributed by atoms with Gasteiger partial charge in [0.15, 0.2) is 28.4 Å². The smallest absolute Gasteiger partial charge is 0.197 e. The van der Waals surface area contributed by atoms with E-state index in [-0.39, 0.29) is 0 Å². The molecule has 12 aromatic rings. The average molecular weight is 1020 g/mol. The molecule has 0 saturated carbocycles. The molecule has 0 bridgehead atoms. The third kappa shape index (κ3) is 8.17. The number of aromatic nitrogens is 3. The van der Waals surface area contributed by atoms with Crippen LogP contribution in [0, 0.1) is 78.2 Å². The zero-order valence-corrected chi connectivity index (χ0v) is 41.7. The summed E-state index contributed by atoms with van der Waals surface area (Å²) in [5, 5.41) is 43.7. The van der Waals surface area contributed by atoms with Crippen molar-refractivity contribution in [2.24, 2.45) is 0 Å². The van der Waals surface area contributed by atoms with Gasteiger partial charge < -0.3 is 9.13 Å². The largest absolute Gasteiger partial charge is 0.308 e. The van der Waals surface area contributed by atoms with Crippen molar-refractivity contribution in [3.63, 3.8) is 0 Å². The van der Waals surface area contributed by atoms with Crippen LogP contribution in [0.15, 0.2) is 182 Å². The second kappa shape index (κ2) is 19.4. The van der Waals surface area contributed by atoms with E-state index in [0.29, 0.717) is 106 Å². The van der Waals surface area contributed by atoms with Gasteiger partial charge in [0, 0.05) is 45.1 Å². The molecule has 0 aliphatic heterocycles. The molecule has 9 aromatic carbocycles. The lowest BCUT2D eigenvalue weighted by atomic mass is 9.99. The van der Waals surface area contributed by atoms with Gasteiger partial charge in [-0.05, 0) is 159 Å². The third-order valence-corrected chi connectivity index (χ3v) is 14.3. The molecular weight excluding hydrogens is 985 g/mol. The van der Waals surface area contributed by atoms with Crippen LogP contribution < -0.4 is 0 Å². The first kappa shape index (κ1) is 48.1. The van der Waals surface area contributed by atoms with Crippen LogP contribution in [0.5, 0.6) is 0 Å². The summed E-state index contributed by atoms with van der Waals surface area (Å²) in [7, 11) is 0. The second-order valence-corrected chi connectivity index (χ2v) is 18.8. The quantitative estimate of drug-likeness (QED) is 0.146. The number of nitrogens with zero attached hydrogens (tertiary/aromatic N) is 12. The molecule has 3 aromatic heterocycles. The highest BCUT2D eigenvalue weighted by atomic mass is 15.1. The third-order valence-electron chi connectivity index (χ3n) is 14.3. The van der Waals surface area contributed by atoms with Crippen LogP contribution in [0.3, 0.4) is 0 Å². The molecule has 362 valence electrons. The van der Waals surface area contributed by atoms with Gasteiger partial charge in [0.05, 0.1) is 102 Å². The van der Waals surface area contributed by atoms with Crippen LogP contribution in [0.25, 0.3) is 135 Å². The summed E-state index contributed by atoms with van der Waals surface area (Å²) in [6, 6.07) is 60.6. The molecule has 0 aliphatic rings. The van der Waals surface area contributed by atoms with Crippen LogP contribution >= 0.6 is 0 Å². The summed E-state index contributed by atoms with van der Waals surface area (Å²) < 4.78 is 4.25. The maximum Gasteiger partial charge on any atom is 0.197 e. The van der Waals surface area contributed by atoms with Crippen LogP contribution in [-0.2, 0) is 0 Å². The van der Waals surface area contributed by atoms with Gasteiger partial charge in [-0.2, -0.15) is 21.0 Å². The summed E-state index contributed by atoms with van der Waals surface area (Å²) in [6.45, 7) is 40.4. The van der Waals surface area contributed by atoms with Crippen LogP contribution in [0.1, 0.15) is 22.3 Å². The van der Waals surface area contributed by atoms with Crippen molar-refractivity contribution in [2.45, 2.75) is 0 Å². The Kier molecular flexibility index (Phi) is 11.7. The Bertz CT molecular complexity index is 4730. The Balaban J connectivity index is 1.27. The fourth-order valence-corrected chi connectivity index (χ4v) is 10.7. The molecule has 0 radical (unpaired) electrons. The van der Waals surface area contributed by atoms with Crippen LogP contribution in [0.4, 0.5) is 28.4 Å². The van der Waals surface area contributed by atoms with Crippen molar-refractivity contribution in [1.82, 2.24) is 14.1 Å². The average Bonchev–Trinajstić information content (AvgIpc) is 4.25. The number of nitriles is 4. The van der Waals surface area contributed by atoms with Gasteiger partial charge in [-0.15, -0.1) is 0 Å². The lowest BCUT2D eigenvalue weighted by Gasteiger charge is -2.20. The first-order valence-electron chi connectivity index (χ1n) is 24.5. The molecule has 0 atom stereocenters. The predicted molar refractivity (Wildman–Crippen MR) is 310 cm³/mol. The van der Waals surface area contributed by atoms with Crippen molar-refractivity contribution in [3.05, 3.63) is 262 Å². The van der Waals surface area contributed by atoms with Gasteiger partial charge in [-0.25, -0.2) is 24.2 Å². The Morgan fingerprint density at radius 1 is 0.312 bits per heavy atom. The maximum atomic E-state index is 10.1. The molecule has 0 saturated heterocycles. The maximum absolute atomic E-state index is 10.1. The fourth-order valence-electron chi connectivity index (χ4n) is 10.7. The molecule has 12 heteroatoms. The van der Waals surface area contributed by atoms with Gasteiger partial charge in [-0.1, -0.05) is 66.7 Å². The molecule has 0 fully saturated rings. The summed E-state index contributed by atoms with van der Waals surface area (Å²) in [4.78, 5) is 23.3.